The molecule has 0 fully saturated rings. The second kappa shape index (κ2) is 21.6. The highest BCUT2D eigenvalue weighted by Crippen LogP contribution is 2.14. The number of hydrogen-bond acceptors (Lipinski definition) is 8. The van der Waals surface area contributed by atoms with Crippen LogP contribution in [0, 0.1) is 24.0 Å². The van der Waals surface area contributed by atoms with Crippen LogP contribution in [0.1, 0.15) is 74.7 Å². The molecule has 2 heterocycles. The van der Waals surface area contributed by atoms with E-state index < -0.39 is 4.92 Å². The molecule has 4 N–H and O–H groups in total. The third kappa shape index (κ3) is 13.8. The standard InChI is InChI=1S/C13H11N3O3.C13H13N3O2.2C2H6.2CH4/c1-9-2-5-11(8-14-9)15-13(17)10-3-6-12(7-4-10)16(18)19;1-9-2-5-12(8-14-9)15-13(17)10-3-6-11(16-18)7-4-10;2*1-2;;/h2-8H,1H3,(H,15,17);2-8,16,18H,1H3,(H,15,17);2*1-2H3;2*1H4. The van der Waals surface area contributed by atoms with Gasteiger partial charge in [-0.3, -0.25) is 40.4 Å². The molecule has 0 spiro atoms. The Morgan fingerprint density at radius 2 is 1.00 bits per heavy atom. The van der Waals surface area contributed by atoms with Crippen LogP contribution in [0.4, 0.5) is 22.7 Å². The van der Waals surface area contributed by atoms with Crippen molar-refractivity contribution in [2.75, 3.05) is 16.1 Å². The Hall–Kier alpha value is -5.16. The molecule has 232 valence electrons. The van der Waals surface area contributed by atoms with Gasteiger partial charge < -0.3 is 10.6 Å². The highest BCUT2D eigenvalue weighted by Gasteiger charge is 2.10. The van der Waals surface area contributed by atoms with Crippen LogP contribution in [0.15, 0.2) is 85.2 Å². The van der Waals surface area contributed by atoms with Gasteiger partial charge in [0.05, 0.1) is 34.4 Å². The Bertz CT molecular complexity index is 1360. The van der Waals surface area contributed by atoms with Crippen molar-refractivity contribution >= 4 is 34.6 Å². The SMILES string of the molecule is C.C.CC.CC.Cc1ccc(NC(=O)c2ccc(NO)cc2)cn1.Cc1ccc(NC(=O)c2ccc([N+](=O)[O-])cc2)cn1. The Labute approximate surface area is 254 Å². The van der Waals surface area contributed by atoms with Gasteiger partial charge in [0, 0.05) is 34.6 Å². The summed E-state index contributed by atoms with van der Waals surface area (Å²) >= 11 is 0. The molecule has 2 amide bonds. The van der Waals surface area contributed by atoms with Crippen LogP contribution in [0.2, 0.25) is 0 Å². The maximum Gasteiger partial charge on any atom is 0.269 e. The third-order valence-corrected chi connectivity index (χ3v) is 4.95. The molecule has 0 saturated heterocycles. The minimum atomic E-state index is -0.508. The normalized spacial score (nSPS) is 8.81. The summed E-state index contributed by atoms with van der Waals surface area (Å²) in [6, 6.07) is 19.0. The van der Waals surface area contributed by atoms with Crippen molar-refractivity contribution in [3.8, 4) is 0 Å². The predicted molar refractivity (Wildman–Crippen MR) is 175 cm³/mol. The number of nitro groups is 1. The summed E-state index contributed by atoms with van der Waals surface area (Å²) in [5, 5.41) is 24.6. The van der Waals surface area contributed by atoms with Gasteiger partial charge in [-0.15, -0.1) is 0 Å². The van der Waals surface area contributed by atoms with E-state index in [1.807, 2.05) is 53.1 Å². The Morgan fingerprint density at radius 3 is 1.30 bits per heavy atom. The first-order valence-corrected chi connectivity index (χ1v) is 13.0. The molecule has 4 aromatic rings. The molecular formula is C32H44N6O5. The quantitative estimate of drug-likeness (QED) is 0.128. The smallest absolute Gasteiger partial charge is 0.269 e. The van der Waals surface area contributed by atoms with Gasteiger partial charge in [0.25, 0.3) is 17.5 Å². The van der Waals surface area contributed by atoms with E-state index >= 15 is 0 Å². The van der Waals surface area contributed by atoms with E-state index in [0.29, 0.717) is 28.2 Å². The first kappa shape index (κ1) is 40.0. The van der Waals surface area contributed by atoms with E-state index in [-0.39, 0.29) is 32.4 Å². The van der Waals surface area contributed by atoms with Gasteiger partial charge in [-0.2, -0.15) is 0 Å². The number of carbonyl (C=O) groups is 2. The highest BCUT2D eigenvalue weighted by molar-refractivity contribution is 6.04. The highest BCUT2D eigenvalue weighted by atomic mass is 16.6. The summed E-state index contributed by atoms with van der Waals surface area (Å²) in [6.07, 6.45) is 3.16. The van der Waals surface area contributed by atoms with E-state index in [9.17, 15) is 19.7 Å². The molecular weight excluding hydrogens is 548 g/mol. The number of benzene rings is 2. The number of nitrogens with one attached hydrogen (secondary N) is 3. The summed E-state index contributed by atoms with van der Waals surface area (Å²) < 4.78 is 0. The van der Waals surface area contributed by atoms with Crippen molar-refractivity contribution in [1.82, 2.24) is 9.97 Å². The van der Waals surface area contributed by atoms with Crippen molar-refractivity contribution in [2.45, 2.75) is 56.4 Å². The fourth-order valence-electron chi connectivity index (χ4n) is 2.92. The number of hydrogen-bond donors (Lipinski definition) is 4. The number of aryl methyl sites for hydroxylation is 2. The molecule has 11 nitrogen and oxygen atoms in total. The number of pyridine rings is 2. The number of nitro benzene ring substituents is 1. The molecule has 0 saturated carbocycles. The monoisotopic (exact) mass is 592 g/mol. The maximum atomic E-state index is 11.9. The molecule has 11 heteroatoms. The predicted octanol–water partition coefficient (Wildman–Crippen LogP) is 8.32. The lowest BCUT2D eigenvalue weighted by molar-refractivity contribution is -0.384. The van der Waals surface area contributed by atoms with Crippen LogP contribution in [0.25, 0.3) is 0 Å². The van der Waals surface area contributed by atoms with Crippen molar-refractivity contribution in [1.29, 1.82) is 0 Å². The van der Waals surface area contributed by atoms with Crippen molar-refractivity contribution in [3.05, 3.63) is 118 Å². The van der Waals surface area contributed by atoms with Gasteiger partial charge in [0.1, 0.15) is 0 Å². The molecule has 2 aromatic heterocycles. The minimum absolute atomic E-state index is 0. The molecule has 43 heavy (non-hydrogen) atoms. The lowest BCUT2D eigenvalue weighted by Crippen LogP contribution is -2.12. The molecule has 0 aliphatic carbocycles. The minimum Gasteiger partial charge on any atom is -0.321 e. The molecule has 4 rings (SSSR count). The number of non-ortho nitro benzene ring substituents is 1. The first-order chi connectivity index (χ1) is 19.7. The number of rotatable bonds is 6. The topological polar surface area (TPSA) is 159 Å². The molecule has 0 radical (unpaired) electrons. The second-order valence-electron chi connectivity index (χ2n) is 7.78. The fourth-order valence-corrected chi connectivity index (χ4v) is 2.92. The molecule has 0 unspecified atom stereocenters. The van der Waals surface area contributed by atoms with Crippen LogP contribution in [0.3, 0.4) is 0 Å². The zero-order valence-electron chi connectivity index (χ0n) is 24.0. The molecule has 2 aromatic carbocycles. The van der Waals surface area contributed by atoms with Crippen molar-refractivity contribution in [2.24, 2.45) is 0 Å². The van der Waals surface area contributed by atoms with Crippen LogP contribution in [-0.2, 0) is 0 Å². The zero-order valence-corrected chi connectivity index (χ0v) is 24.0. The number of aromatic nitrogens is 2. The van der Waals surface area contributed by atoms with E-state index in [1.165, 1.54) is 24.3 Å². The lowest BCUT2D eigenvalue weighted by Gasteiger charge is -2.05. The van der Waals surface area contributed by atoms with Crippen LogP contribution in [-0.4, -0.2) is 31.9 Å². The number of anilines is 3. The van der Waals surface area contributed by atoms with Crippen molar-refractivity contribution < 1.29 is 19.7 Å². The number of nitrogens with zero attached hydrogens (tertiary/aromatic N) is 3. The largest absolute Gasteiger partial charge is 0.321 e. The summed E-state index contributed by atoms with van der Waals surface area (Å²) in [5.74, 6) is -0.550. The van der Waals surface area contributed by atoms with E-state index in [4.69, 9.17) is 5.21 Å². The average Bonchev–Trinajstić information content (AvgIpc) is 3.02. The van der Waals surface area contributed by atoms with Crippen LogP contribution in [0.5, 0.6) is 0 Å². The van der Waals surface area contributed by atoms with Gasteiger partial charge >= 0.3 is 0 Å². The van der Waals surface area contributed by atoms with Gasteiger partial charge in [-0.05, 0) is 74.5 Å². The Balaban J connectivity index is 0. The second-order valence-corrected chi connectivity index (χ2v) is 7.78. The van der Waals surface area contributed by atoms with E-state index in [2.05, 4.69) is 20.6 Å². The Morgan fingerprint density at radius 1 is 0.651 bits per heavy atom. The third-order valence-electron chi connectivity index (χ3n) is 4.95. The van der Waals surface area contributed by atoms with Gasteiger partial charge in [0.15, 0.2) is 0 Å². The Kier molecular flexibility index (Phi) is 20.1. The van der Waals surface area contributed by atoms with Crippen molar-refractivity contribution in [3.63, 3.8) is 0 Å². The lowest BCUT2D eigenvalue weighted by atomic mass is 10.2. The van der Waals surface area contributed by atoms with E-state index in [1.54, 1.807) is 54.9 Å². The number of carbonyl (C=O) groups excluding carboxylic acids is 2. The molecule has 0 aliphatic rings. The molecule has 0 aliphatic heterocycles. The van der Waals surface area contributed by atoms with Crippen LogP contribution >= 0.6 is 0 Å². The zero-order chi connectivity index (χ0) is 30.8. The summed E-state index contributed by atoms with van der Waals surface area (Å²) in [7, 11) is 0. The average molecular weight is 593 g/mol. The molecule has 0 bridgehead atoms. The summed E-state index contributed by atoms with van der Waals surface area (Å²) in [4.78, 5) is 41.9. The first-order valence-electron chi connectivity index (χ1n) is 13.0. The summed E-state index contributed by atoms with van der Waals surface area (Å²) in [5.41, 5.74) is 6.33. The van der Waals surface area contributed by atoms with Gasteiger partial charge in [-0.25, -0.2) is 0 Å². The summed E-state index contributed by atoms with van der Waals surface area (Å²) in [6.45, 7) is 11.7. The number of amides is 2. The van der Waals surface area contributed by atoms with Crippen LogP contribution < -0.4 is 16.1 Å². The van der Waals surface area contributed by atoms with E-state index in [0.717, 1.165) is 11.4 Å². The van der Waals surface area contributed by atoms with Gasteiger partial charge in [0.2, 0.25) is 0 Å². The molecule has 0 atom stereocenters. The fraction of sp³-hybridized carbons (Fsp3) is 0.250. The maximum absolute atomic E-state index is 11.9. The van der Waals surface area contributed by atoms with Gasteiger partial charge in [-0.1, -0.05) is 42.5 Å².